The molecule has 1 atom stereocenters. The number of aliphatic hydroxyl groups is 1. The molecule has 0 aromatic carbocycles. The van der Waals surface area contributed by atoms with Gasteiger partial charge in [-0.25, -0.2) is 0 Å². The Morgan fingerprint density at radius 3 is 2.22 bits per heavy atom. The highest BCUT2D eigenvalue weighted by Gasteiger charge is 2.29. The zero-order valence-electron chi connectivity index (χ0n) is 12.6. The molecule has 4 heteroatoms. The number of hydrogen-bond donors (Lipinski definition) is 2. The van der Waals surface area contributed by atoms with Crippen LogP contribution in [0.25, 0.3) is 0 Å². The highest BCUT2D eigenvalue weighted by atomic mass is 16.3. The van der Waals surface area contributed by atoms with Gasteiger partial charge in [0.2, 0.25) is 0 Å². The molecule has 2 N–H and O–H groups in total. The monoisotopic (exact) mass is 257 g/mol. The molecule has 1 unspecified atom stereocenters. The Kier molecular flexibility index (Phi) is 6.57. The van der Waals surface area contributed by atoms with Crippen molar-refractivity contribution >= 4 is 0 Å². The fraction of sp³-hybridized carbons (Fsp3) is 1.00. The second-order valence-electron chi connectivity index (χ2n) is 6.11. The highest BCUT2D eigenvalue weighted by Crippen LogP contribution is 2.22. The molecule has 1 fully saturated rings. The van der Waals surface area contributed by atoms with E-state index in [1.54, 1.807) is 0 Å². The quantitative estimate of drug-likeness (QED) is 0.701. The fourth-order valence-corrected chi connectivity index (χ4v) is 2.61. The molecule has 4 nitrogen and oxygen atoms in total. The van der Waals surface area contributed by atoms with Gasteiger partial charge in [-0.3, -0.25) is 4.90 Å². The van der Waals surface area contributed by atoms with Gasteiger partial charge in [-0.05, 0) is 18.9 Å². The van der Waals surface area contributed by atoms with Crippen molar-refractivity contribution in [1.82, 2.24) is 15.1 Å². The number of aliphatic hydroxyl groups excluding tert-OH is 1. The molecule has 0 radical (unpaired) electrons. The maximum atomic E-state index is 8.94. The van der Waals surface area contributed by atoms with E-state index in [4.69, 9.17) is 5.11 Å². The van der Waals surface area contributed by atoms with Crippen molar-refractivity contribution in [2.45, 2.75) is 33.7 Å². The average Bonchev–Trinajstić information content (AvgIpc) is 2.32. The molecule has 0 aromatic rings. The van der Waals surface area contributed by atoms with Crippen molar-refractivity contribution in [2.24, 2.45) is 5.41 Å². The molecule has 0 amide bonds. The largest absolute Gasteiger partial charge is 0.395 e. The molecule has 0 saturated carbocycles. The van der Waals surface area contributed by atoms with Crippen molar-refractivity contribution in [3.05, 3.63) is 0 Å². The van der Waals surface area contributed by atoms with Crippen LogP contribution < -0.4 is 5.32 Å². The van der Waals surface area contributed by atoms with Crippen LogP contribution in [0.15, 0.2) is 0 Å². The molecule has 1 aliphatic rings. The van der Waals surface area contributed by atoms with Gasteiger partial charge in [0.15, 0.2) is 0 Å². The van der Waals surface area contributed by atoms with Crippen LogP contribution in [0, 0.1) is 5.41 Å². The van der Waals surface area contributed by atoms with Crippen LogP contribution in [0.1, 0.15) is 27.7 Å². The first-order valence-corrected chi connectivity index (χ1v) is 7.28. The number of β-amino-alcohol motifs (C(OH)–C–C–N with tert-alkyl or cyclic N) is 1. The third-order valence-corrected chi connectivity index (χ3v) is 4.19. The van der Waals surface area contributed by atoms with Crippen LogP contribution in [-0.2, 0) is 0 Å². The van der Waals surface area contributed by atoms with E-state index in [1.165, 1.54) is 0 Å². The Morgan fingerprint density at radius 1 is 1.17 bits per heavy atom. The van der Waals surface area contributed by atoms with Gasteiger partial charge in [-0.15, -0.1) is 0 Å². The zero-order chi connectivity index (χ0) is 13.6. The molecule has 108 valence electrons. The average molecular weight is 257 g/mol. The van der Waals surface area contributed by atoms with Gasteiger partial charge >= 0.3 is 0 Å². The van der Waals surface area contributed by atoms with Gasteiger partial charge in [-0.2, -0.15) is 0 Å². The van der Waals surface area contributed by atoms with Crippen molar-refractivity contribution in [2.75, 3.05) is 52.4 Å². The summed E-state index contributed by atoms with van der Waals surface area (Å²) in [6, 6.07) is 0.540. The summed E-state index contributed by atoms with van der Waals surface area (Å²) in [5, 5.41) is 12.5. The first-order valence-electron chi connectivity index (χ1n) is 7.28. The lowest BCUT2D eigenvalue weighted by molar-refractivity contribution is 0.0747. The molecular weight excluding hydrogens is 226 g/mol. The van der Waals surface area contributed by atoms with Crippen molar-refractivity contribution < 1.29 is 5.11 Å². The predicted octanol–water partition coefficient (Wildman–Crippen LogP) is 0.621. The van der Waals surface area contributed by atoms with Crippen molar-refractivity contribution in [1.29, 1.82) is 0 Å². The van der Waals surface area contributed by atoms with E-state index >= 15 is 0 Å². The van der Waals surface area contributed by atoms with E-state index in [2.05, 4.69) is 42.8 Å². The van der Waals surface area contributed by atoms with Gasteiger partial charge in [0.1, 0.15) is 0 Å². The fourth-order valence-electron chi connectivity index (χ4n) is 2.61. The third kappa shape index (κ3) is 4.84. The Balaban J connectivity index is 2.35. The molecular formula is C14H31N3O. The summed E-state index contributed by atoms with van der Waals surface area (Å²) in [6.07, 6.45) is 0. The molecule has 0 aliphatic carbocycles. The number of hydrogen-bond acceptors (Lipinski definition) is 4. The van der Waals surface area contributed by atoms with E-state index in [1.807, 2.05) is 0 Å². The van der Waals surface area contributed by atoms with Gasteiger partial charge in [0.05, 0.1) is 6.61 Å². The second-order valence-corrected chi connectivity index (χ2v) is 6.11. The Morgan fingerprint density at radius 2 is 1.72 bits per heavy atom. The smallest absolute Gasteiger partial charge is 0.0558 e. The second kappa shape index (κ2) is 7.43. The third-order valence-electron chi connectivity index (χ3n) is 4.19. The minimum atomic E-state index is 0.281. The molecule has 1 saturated heterocycles. The van der Waals surface area contributed by atoms with Crippen LogP contribution in [0.4, 0.5) is 0 Å². The number of piperazine rings is 1. The lowest BCUT2D eigenvalue weighted by Crippen LogP contribution is -2.53. The minimum Gasteiger partial charge on any atom is -0.395 e. The summed E-state index contributed by atoms with van der Waals surface area (Å²) in [5.41, 5.74) is 0.301. The summed E-state index contributed by atoms with van der Waals surface area (Å²) < 4.78 is 0. The summed E-state index contributed by atoms with van der Waals surface area (Å²) in [5.74, 6) is 0. The molecule has 1 heterocycles. The molecule has 0 bridgehead atoms. The highest BCUT2D eigenvalue weighted by molar-refractivity contribution is 4.85. The van der Waals surface area contributed by atoms with Gasteiger partial charge in [0, 0.05) is 45.3 Å². The SMILES string of the molecule is CCNC(C)C(C)(C)CN1CCN(CCO)CC1. The van der Waals surface area contributed by atoms with Crippen molar-refractivity contribution in [3.63, 3.8) is 0 Å². The maximum Gasteiger partial charge on any atom is 0.0558 e. The van der Waals surface area contributed by atoms with Crippen LogP contribution in [0.3, 0.4) is 0 Å². The van der Waals surface area contributed by atoms with Crippen molar-refractivity contribution in [3.8, 4) is 0 Å². The summed E-state index contributed by atoms with van der Waals surface area (Å²) >= 11 is 0. The van der Waals surface area contributed by atoms with Gasteiger partial charge in [-0.1, -0.05) is 20.8 Å². The van der Waals surface area contributed by atoms with Crippen LogP contribution >= 0.6 is 0 Å². The van der Waals surface area contributed by atoms with Crippen LogP contribution in [0.5, 0.6) is 0 Å². The molecule has 18 heavy (non-hydrogen) atoms. The number of rotatable bonds is 7. The van der Waals surface area contributed by atoms with E-state index < -0.39 is 0 Å². The topological polar surface area (TPSA) is 38.7 Å². The lowest BCUT2D eigenvalue weighted by Gasteiger charge is -2.41. The summed E-state index contributed by atoms with van der Waals surface area (Å²) in [6.45, 7) is 16.9. The molecule has 0 aromatic heterocycles. The first kappa shape index (κ1) is 15.9. The number of nitrogens with one attached hydrogen (secondary N) is 1. The Bertz CT molecular complexity index is 225. The molecule has 0 spiro atoms. The standard InChI is InChI=1S/C14H31N3O/c1-5-15-13(2)14(3,4)12-17-8-6-16(7-9-17)10-11-18/h13,15,18H,5-12H2,1-4H3. The Hall–Kier alpha value is -0.160. The van der Waals surface area contributed by atoms with E-state index in [0.717, 1.165) is 45.8 Å². The maximum absolute atomic E-state index is 8.94. The summed E-state index contributed by atoms with van der Waals surface area (Å²) in [4.78, 5) is 4.90. The van der Waals surface area contributed by atoms with Gasteiger partial charge < -0.3 is 15.3 Å². The van der Waals surface area contributed by atoms with Crippen LogP contribution in [-0.4, -0.2) is 73.4 Å². The number of nitrogens with zero attached hydrogens (tertiary/aromatic N) is 2. The minimum absolute atomic E-state index is 0.281. The first-order chi connectivity index (χ1) is 8.49. The van der Waals surface area contributed by atoms with Crippen LogP contribution in [0.2, 0.25) is 0 Å². The Labute approximate surface area is 112 Å². The summed E-state index contributed by atoms with van der Waals surface area (Å²) in [7, 11) is 0. The van der Waals surface area contributed by atoms with E-state index in [0.29, 0.717) is 11.5 Å². The molecule has 1 rings (SSSR count). The van der Waals surface area contributed by atoms with E-state index in [-0.39, 0.29) is 6.61 Å². The lowest BCUT2D eigenvalue weighted by atomic mass is 9.84. The molecule has 1 aliphatic heterocycles. The predicted molar refractivity (Wildman–Crippen MR) is 76.9 cm³/mol. The van der Waals surface area contributed by atoms with E-state index in [9.17, 15) is 0 Å². The zero-order valence-corrected chi connectivity index (χ0v) is 12.6. The normalized spacial score (nSPS) is 21.2. The van der Waals surface area contributed by atoms with Gasteiger partial charge in [0.25, 0.3) is 0 Å².